The van der Waals surface area contributed by atoms with Crippen LogP contribution in [0.25, 0.3) is 0 Å². The van der Waals surface area contributed by atoms with Gasteiger partial charge in [0.1, 0.15) is 11.4 Å². The Kier molecular flexibility index (Phi) is 1.47. The third-order valence-corrected chi connectivity index (χ3v) is 1.57. The van der Waals surface area contributed by atoms with Crippen molar-refractivity contribution in [2.75, 3.05) is 0 Å². The Morgan fingerprint density at radius 3 is 2.62 bits per heavy atom. The van der Waals surface area contributed by atoms with Gasteiger partial charge in [0.25, 0.3) is 0 Å². The molecule has 1 heterocycles. The molecule has 2 nitrogen and oxygen atoms in total. The third-order valence-electron chi connectivity index (χ3n) is 1.14. The number of hydrogen-bond donors (Lipinski definition) is 1. The summed E-state index contributed by atoms with van der Waals surface area (Å²) in [5, 5.41) is -0.176. The molecule has 0 N–H and O–H groups in total. The molecule has 3 heteroatoms. The Bertz CT molecular complexity index is 113. The van der Waals surface area contributed by atoms with Gasteiger partial charge in [0.2, 0.25) is 0 Å². The number of thiol groups is 1. The van der Waals surface area contributed by atoms with E-state index in [4.69, 9.17) is 4.74 Å². The summed E-state index contributed by atoms with van der Waals surface area (Å²) in [5.41, 5.74) is 0. The summed E-state index contributed by atoms with van der Waals surface area (Å²) in [6.45, 7) is 1.87. The molecule has 8 heavy (non-hydrogen) atoms. The molecule has 1 fully saturated rings. The Labute approximate surface area is 53.6 Å². The maximum atomic E-state index is 10.5. The molecule has 1 aliphatic rings. The first kappa shape index (κ1) is 5.95. The fourth-order valence-corrected chi connectivity index (χ4v) is 1.09. The van der Waals surface area contributed by atoms with Gasteiger partial charge < -0.3 is 4.74 Å². The van der Waals surface area contributed by atoms with Crippen molar-refractivity contribution in [3.63, 3.8) is 0 Å². The zero-order chi connectivity index (χ0) is 6.15. The summed E-state index contributed by atoms with van der Waals surface area (Å²) < 4.78 is 4.76. The van der Waals surface area contributed by atoms with Crippen LogP contribution < -0.4 is 0 Å². The molecule has 0 bridgehead atoms. The minimum Gasteiger partial charge on any atom is -0.462 e. The van der Waals surface area contributed by atoms with Crippen molar-refractivity contribution in [1.29, 1.82) is 0 Å². The zero-order valence-electron chi connectivity index (χ0n) is 4.63. The summed E-state index contributed by atoms with van der Waals surface area (Å²) in [4.78, 5) is 10.5. The van der Waals surface area contributed by atoms with Gasteiger partial charge in [-0.1, -0.05) is 0 Å². The highest BCUT2D eigenvalue weighted by Crippen LogP contribution is 2.17. The van der Waals surface area contributed by atoms with E-state index in [1.54, 1.807) is 0 Å². The zero-order valence-corrected chi connectivity index (χ0v) is 5.52. The van der Waals surface area contributed by atoms with Crippen LogP contribution in [0.3, 0.4) is 0 Å². The molecule has 0 aromatic heterocycles. The summed E-state index contributed by atoms with van der Waals surface area (Å²) >= 11 is 3.97. The predicted octanol–water partition coefficient (Wildman–Crippen LogP) is 0.620. The highest BCUT2D eigenvalue weighted by Gasteiger charge is 2.28. The van der Waals surface area contributed by atoms with Crippen LogP contribution in [0.4, 0.5) is 0 Å². The van der Waals surface area contributed by atoms with E-state index in [0.29, 0.717) is 0 Å². The molecular weight excluding hydrogens is 124 g/mol. The van der Waals surface area contributed by atoms with E-state index in [1.165, 1.54) is 0 Å². The number of rotatable bonds is 0. The first-order valence-electron chi connectivity index (χ1n) is 2.58. The van der Waals surface area contributed by atoms with E-state index in [9.17, 15) is 4.79 Å². The predicted molar refractivity (Wildman–Crippen MR) is 32.9 cm³/mol. The molecule has 2 atom stereocenters. The van der Waals surface area contributed by atoms with Gasteiger partial charge in [-0.05, 0) is 6.92 Å². The fourth-order valence-electron chi connectivity index (χ4n) is 0.736. The Balaban J connectivity index is 2.51. The van der Waals surface area contributed by atoms with Gasteiger partial charge in [-0.2, -0.15) is 12.6 Å². The van der Waals surface area contributed by atoms with Gasteiger partial charge in [0, 0.05) is 6.42 Å². The van der Waals surface area contributed by atoms with Gasteiger partial charge in [0.15, 0.2) is 0 Å². The molecule has 0 unspecified atom stereocenters. The molecule has 1 aliphatic heterocycles. The van der Waals surface area contributed by atoms with Crippen LogP contribution in [-0.2, 0) is 9.53 Å². The van der Waals surface area contributed by atoms with Crippen LogP contribution in [0.1, 0.15) is 13.3 Å². The van der Waals surface area contributed by atoms with Crippen molar-refractivity contribution in [2.24, 2.45) is 0 Å². The van der Waals surface area contributed by atoms with E-state index >= 15 is 0 Å². The van der Waals surface area contributed by atoms with E-state index in [1.807, 2.05) is 6.92 Å². The van der Waals surface area contributed by atoms with Gasteiger partial charge in [-0.25, -0.2) is 0 Å². The lowest BCUT2D eigenvalue weighted by atomic mass is 10.3. The molecule has 1 rings (SSSR count). The van der Waals surface area contributed by atoms with Crippen LogP contribution in [0.2, 0.25) is 0 Å². The van der Waals surface area contributed by atoms with Gasteiger partial charge in [-0.3, -0.25) is 4.79 Å². The first-order valence-corrected chi connectivity index (χ1v) is 3.10. The van der Waals surface area contributed by atoms with Crippen LogP contribution in [0.5, 0.6) is 0 Å². The lowest BCUT2D eigenvalue weighted by Gasteiger charge is -1.95. The minimum absolute atomic E-state index is 0.0741. The van der Waals surface area contributed by atoms with Crippen LogP contribution >= 0.6 is 12.6 Å². The third kappa shape index (κ3) is 0.968. The van der Waals surface area contributed by atoms with Crippen molar-refractivity contribution < 1.29 is 9.53 Å². The number of hydrogen-bond acceptors (Lipinski definition) is 3. The Hall–Kier alpha value is -0.180. The number of carbonyl (C=O) groups is 1. The van der Waals surface area contributed by atoms with Crippen molar-refractivity contribution in [1.82, 2.24) is 0 Å². The molecule has 0 radical (unpaired) electrons. The molecular formula is C5H8O2S. The normalized spacial score (nSPS) is 37.5. The van der Waals surface area contributed by atoms with Gasteiger partial charge in [0.05, 0.1) is 0 Å². The second kappa shape index (κ2) is 1.97. The minimum atomic E-state index is -0.180. The number of ether oxygens (including phenoxy) is 1. The summed E-state index contributed by atoms with van der Waals surface area (Å²) in [5.74, 6) is -0.180. The van der Waals surface area contributed by atoms with Crippen molar-refractivity contribution >= 4 is 18.6 Å². The largest absolute Gasteiger partial charge is 0.462 e. The van der Waals surface area contributed by atoms with Crippen molar-refractivity contribution in [3.05, 3.63) is 0 Å². The molecule has 1 saturated heterocycles. The van der Waals surface area contributed by atoms with Crippen LogP contribution in [-0.4, -0.2) is 17.3 Å². The second-order valence-corrected chi connectivity index (χ2v) is 2.62. The highest BCUT2D eigenvalue weighted by molar-refractivity contribution is 7.81. The van der Waals surface area contributed by atoms with E-state index in [0.717, 1.165) is 6.42 Å². The topological polar surface area (TPSA) is 26.3 Å². The van der Waals surface area contributed by atoms with Crippen molar-refractivity contribution in [3.8, 4) is 0 Å². The Morgan fingerprint density at radius 2 is 2.50 bits per heavy atom. The number of carbonyl (C=O) groups excluding carboxylic acids is 1. The van der Waals surface area contributed by atoms with E-state index in [2.05, 4.69) is 12.6 Å². The Morgan fingerprint density at radius 1 is 1.88 bits per heavy atom. The molecule has 0 spiro atoms. The van der Waals surface area contributed by atoms with Gasteiger partial charge in [-0.15, -0.1) is 0 Å². The van der Waals surface area contributed by atoms with Crippen LogP contribution in [0.15, 0.2) is 0 Å². The quantitative estimate of drug-likeness (QED) is 0.386. The molecule has 46 valence electrons. The first-order chi connectivity index (χ1) is 3.70. The van der Waals surface area contributed by atoms with Gasteiger partial charge >= 0.3 is 5.97 Å². The average Bonchev–Trinajstić information content (AvgIpc) is 1.85. The van der Waals surface area contributed by atoms with Crippen molar-refractivity contribution in [2.45, 2.75) is 24.7 Å². The number of cyclic esters (lactones) is 1. The molecule has 0 amide bonds. The highest BCUT2D eigenvalue weighted by atomic mass is 32.1. The second-order valence-electron chi connectivity index (χ2n) is 2.00. The summed E-state index contributed by atoms with van der Waals surface area (Å²) in [6.07, 6.45) is 0.826. The molecule has 0 aromatic carbocycles. The summed E-state index contributed by atoms with van der Waals surface area (Å²) in [6, 6.07) is 0. The lowest BCUT2D eigenvalue weighted by Crippen LogP contribution is -2.05. The smallest absolute Gasteiger partial charge is 0.319 e. The molecule has 0 saturated carbocycles. The van der Waals surface area contributed by atoms with Crippen LogP contribution in [0, 0.1) is 0 Å². The SMILES string of the molecule is C[C@@H]1C[C@H](S)C(=O)O1. The number of esters is 1. The maximum absolute atomic E-state index is 10.5. The van der Waals surface area contributed by atoms with E-state index < -0.39 is 0 Å². The molecule has 0 aliphatic carbocycles. The van der Waals surface area contributed by atoms with E-state index in [-0.39, 0.29) is 17.3 Å². The lowest BCUT2D eigenvalue weighted by molar-refractivity contribution is -0.140. The maximum Gasteiger partial charge on any atom is 0.319 e. The molecule has 0 aromatic rings. The fraction of sp³-hybridized carbons (Fsp3) is 0.800. The monoisotopic (exact) mass is 132 g/mol. The summed E-state index contributed by atoms with van der Waals surface area (Å²) in [7, 11) is 0. The average molecular weight is 132 g/mol. The standard InChI is InChI=1S/C5H8O2S/c1-3-2-4(8)5(6)7-3/h3-4,8H,2H2,1H3/t3-,4+/m1/s1.